The topological polar surface area (TPSA) is 54.3 Å². The third kappa shape index (κ3) is 6.14. The summed E-state index contributed by atoms with van der Waals surface area (Å²) < 4.78 is 5.69. The highest BCUT2D eigenvalue weighted by molar-refractivity contribution is 7.80. The van der Waals surface area contributed by atoms with Crippen molar-refractivity contribution in [2.75, 3.05) is 5.32 Å². The number of thiocarbonyl (C=S) groups is 1. The summed E-state index contributed by atoms with van der Waals surface area (Å²) in [5, 5.41) is 7.22. The largest absolute Gasteiger partial charge is 0.457 e. The molecule has 0 saturated heterocycles. The number of anilines is 1. The molecule has 1 aromatic heterocycles. The molecule has 2 N–H and O–H groups in total. The van der Waals surface area contributed by atoms with Crippen LogP contribution in [-0.4, -0.2) is 11.0 Å². The van der Waals surface area contributed by atoms with Crippen molar-refractivity contribution in [3.8, 4) is 11.3 Å². The number of furan rings is 1. The van der Waals surface area contributed by atoms with E-state index in [4.69, 9.17) is 74.6 Å². The number of carbonyl (C=O) groups is 1. The average Bonchev–Trinajstić information content (AvgIpc) is 3.13. The third-order valence-electron chi connectivity index (χ3n) is 3.67. The Bertz CT molecular complexity index is 1140. The molecule has 0 aliphatic carbocycles. The van der Waals surface area contributed by atoms with Gasteiger partial charge in [-0.05, 0) is 60.8 Å². The van der Waals surface area contributed by atoms with Gasteiger partial charge in [0.2, 0.25) is 5.91 Å². The molecule has 0 radical (unpaired) electrons. The Labute approximate surface area is 202 Å². The summed E-state index contributed by atoms with van der Waals surface area (Å²) in [7, 11) is 0. The van der Waals surface area contributed by atoms with E-state index in [1.807, 2.05) is 0 Å². The Balaban J connectivity index is 1.62. The van der Waals surface area contributed by atoms with Crippen LogP contribution >= 0.6 is 70.2 Å². The van der Waals surface area contributed by atoms with E-state index in [0.717, 1.165) is 5.56 Å². The number of rotatable bonds is 4. The summed E-state index contributed by atoms with van der Waals surface area (Å²) in [6, 6.07) is 11.5. The standard InChI is InChI=1S/C20H11Cl5N2O2S/c21-11-5-10(6-12(22)7-11)18-3-1-13(29-18)2-4-19(28)27-20(30)26-17-9-15(24)14(23)8-16(17)25/h1-9H,(H2,26,27,28,30)/b4-2+. The number of amides is 1. The predicted octanol–water partition coefficient (Wildman–Crippen LogP) is 7.74. The first-order valence-corrected chi connectivity index (χ1v) is 10.5. The van der Waals surface area contributed by atoms with Gasteiger partial charge in [0.15, 0.2) is 5.11 Å². The Morgan fingerprint density at radius 3 is 2.27 bits per heavy atom. The fourth-order valence-corrected chi connectivity index (χ4v) is 3.71. The first kappa shape index (κ1) is 22.9. The molecule has 2 aromatic carbocycles. The van der Waals surface area contributed by atoms with Gasteiger partial charge >= 0.3 is 0 Å². The normalized spacial score (nSPS) is 11.0. The number of halogens is 5. The van der Waals surface area contributed by atoms with Crippen LogP contribution in [0, 0.1) is 0 Å². The van der Waals surface area contributed by atoms with Crippen LogP contribution in [0.2, 0.25) is 25.1 Å². The number of nitrogens with one attached hydrogen (secondary N) is 2. The summed E-state index contributed by atoms with van der Waals surface area (Å²) >= 11 is 35.0. The highest BCUT2D eigenvalue weighted by atomic mass is 35.5. The zero-order valence-electron chi connectivity index (χ0n) is 14.8. The second-order valence-electron chi connectivity index (χ2n) is 5.88. The Hall–Kier alpha value is -1.73. The van der Waals surface area contributed by atoms with Gasteiger partial charge in [0.05, 0.1) is 20.8 Å². The van der Waals surface area contributed by atoms with Crippen LogP contribution in [-0.2, 0) is 4.79 Å². The van der Waals surface area contributed by atoms with E-state index in [9.17, 15) is 4.79 Å². The molecule has 0 aliphatic heterocycles. The van der Waals surface area contributed by atoms with Gasteiger partial charge in [-0.25, -0.2) is 0 Å². The highest BCUT2D eigenvalue weighted by Crippen LogP contribution is 2.32. The first-order valence-electron chi connectivity index (χ1n) is 8.22. The maximum absolute atomic E-state index is 12.1. The molecule has 154 valence electrons. The van der Waals surface area contributed by atoms with Gasteiger partial charge in [-0.15, -0.1) is 0 Å². The van der Waals surface area contributed by atoms with Crippen molar-refractivity contribution < 1.29 is 9.21 Å². The second-order valence-corrected chi connectivity index (χ2v) is 8.39. The maximum Gasteiger partial charge on any atom is 0.250 e. The van der Waals surface area contributed by atoms with E-state index >= 15 is 0 Å². The SMILES string of the molecule is O=C(/C=C/c1ccc(-c2cc(Cl)cc(Cl)c2)o1)NC(=S)Nc1cc(Cl)c(Cl)cc1Cl. The molecule has 3 aromatic rings. The fraction of sp³-hybridized carbons (Fsp3) is 0. The maximum atomic E-state index is 12.1. The molecule has 0 spiro atoms. The van der Waals surface area contributed by atoms with Crippen molar-refractivity contribution >= 4 is 93.0 Å². The average molecular weight is 521 g/mol. The van der Waals surface area contributed by atoms with Crippen LogP contribution in [0.25, 0.3) is 17.4 Å². The molecule has 30 heavy (non-hydrogen) atoms. The van der Waals surface area contributed by atoms with E-state index in [1.165, 1.54) is 24.3 Å². The van der Waals surface area contributed by atoms with E-state index in [2.05, 4.69) is 10.6 Å². The minimum Gasteiger partial charge on any atom is -0.457 e. The molecule has 0 atom stereocenters. The third-order valence-corrected chi connectivity index (χ3v) is 5.34. The zero-order valence-corrected chi connectivity index (χ0v) is 19.4. The van der Waals surface area contributed by atoms with Crippen LogP contribution in [0.15, 0.2) is 53.0 Å². The van der Waals surface area contributed by atoms with Crippen molar-refractivity contribution in [3.05, 3.63) is 79.4 Å². The van der Waals surface area contributed by atoms with Gasteiger partial charge in [-0.1, -0.05) is 58.0 Å². The van der Waals surface area contributed by atoms with E-state index in [0.29, 0.717) is 42.3 Å². The van der Waals surface area contributed by atoms with Crippen molar-refractivity contribution in [2.45, 2.75) is 0 Å². The fourth-order valence-electron chi connectivity index (χ4n) is 2.38. The molecule has 1 amide bonds. The number of hydrogen-bond acceptors (Lipinski definition) is 3. The zero-order chi connectivity index (χ0) is 21.8. The number of carbonyl (C=O) groups excluding carboxylic acids is 1. The van der Waals surface area contributed by atoms with Crippen LogP contribution in [0.5, 0.6) is 0 Å². The van der Waals surface area contributed by atoms with E-state index in [1.54, 1.807) is 30.3 Å². The first-order chi connectivity index (χ1) is 14.2. The van der Waals surface area contributed by atoms with E-state index in [-0.39, 0.29) is 5.11 Å². The second kappa shape index (κ2) is 10.1. The lowest BCUT2D eigenvalue weighted by atomic mass is 10.2. The van der Waals surface area contributed by atoms with Crippen LogP contribution in [0.4, 0.5) is 5.69 Å². The van der Waals surface area contributed by atoms with Gasteiger partial charge in [0.25, 0.3) is 0 Å². The van der Waals surface area contributed by atoms with Gasteiger partial charge in [0.1, 0.15) is 11.5 Å². The van der Waals surface area contributed by atoms with Crippen LogP contribution in [0.1, 0.15) is 5.76 Å². The summed E-state index contributed by atoms with van der Waals surface area (Å²) in [6.45, 7) is 0. The van der Waals surface area contributed by atoms with Crippen molar-refractivity contribution in [1.82, 2.24) is 5.32 Å². The molecular formula is C20H11Cl5N2O2S. The van der Waals surface area contributed by atoms with Crippen LogP contribution < -0.4 is 10.6 Å². The Morgan fingerprint density at radius 1 is 0.900 bits per heavy atom. The lowest BCUT2D eigenvalue weighted by Crippen LogP contribution is -2.32. The minimum absolute atomic E-state index is 0.0404. The summed E-state index contributed by atoms with van der Waals surface area (Å²) in [5.74, 6) is 0.556. The molecule has 0 aliphatic rings. The minimum atomic E-state index is -0.465. The summed E-state index contributed by atoms with van der Waals surface area (Å²) in [5.41, 5.74) is 1.14. The van der Waals surface area contributed by atoms with Crippen molar-refractivity contribution in [2.24, 2.45) is 0 Å². The Kier molecular flexibility index (Phi) is 7.69. The smallest absolute Gasteiger partial charge is 0.250 e. The molecule has 3 rings (SSSR count). The molecule has 0 fully saturated rings. The van der Waals surface area contributed by atoms with E-state index < -0.39 is 5.91 Å². The van der Waals surface area contributed by atoms with Gasteiger partial charge in [-0.3, -0.25) is 10.1 Å². The van der Waals surface area contributed by atoms with Crippen molar-refractivity contribution in [3.63, 3.8) is 0 Å². The van der Waals surface area contributed by atoms with Gasteiger partial charge < -0.3 is 9.73 Å². The molecule has 4 nitrogen and oxygen atoms in total. The lowest BCUT2D eigenvalue weighted by Gasteiger charge is -2.10. The molecule has 1 heterocycles. The number of benzene rings is 2. The molecule has 0 unspecified atom stereocenters. The molecule has 10 heteroatoms. The summed E-state index contributed by atoms with van der Waals surface area (Å²) in [6.07, 6.45) is 2.78. The number of hydrogen-bond donors (Lipinski definition) is 2. The monoisotopic (exact) mass is 518 g/mol. The molecular weight excluding hydrogens is 510 g/mol. The van der Waals surface area contributed by atoms with Gasteiger partial charge in [-0.2, -0.15) is 0 Å². The van der Waals surface area contributed by atoms with Crippen molar-refractivity contribution in [1.29, 1.82) is 0 Å². The van der Waals surface area contributed by atoms with Crippen LogP contribution in [0.3, 0.4) is 0 Å². The molecule has 0 bridgehead atoms. The summed E-state index contributed by atoms with van der Waals surface area (Å²) in [4.78, 5) is 12.1. The van der Waals surface area contributed by atoms with Gasteiger partial charge in [0, 0.05) is 21.7 Å². The quantitative estimate of drug-likeness (QED) is 0.210. The molecule has 0 saturated carbocycles. The predicted molar refractivity (Wildman–Crippen MR) is 129 cm³/mol. The Morgan fingerprint density at radius 2 is 1.57 bits per heavy atom. The lowest BCUT2D eigenvalue weighted by molar-refractivity contribution is -0.115. The highest BCUT2D eigenvalue weighted by Gasteiger charge is 2.09.